The smallest absolute Gasteiger partial charge is 0.100 e. The monoisotopic (exact) mass is 257 g/mol. The van der Waals surface area contributed by atoms with Gasteiger partial charge in [0.2, 0.25) is 0 Å². The van der Waals surface area contributed by atoms with Gasteiger partial charge in [-0.25, -0.2) is 0 Å². The van der Waals surface area contributed by atoms with Gasteiger partial charge in [0.15, 0.2) is 0 Å². The van der Waals surface area contributed by atoms with Crippen LogP contribution < -0.4 is 0 Å². The lowest BCUT2D eigenvalue weighted by atomic mass is 9.85. The third-order valence-electron chi connectivity index (χ3n) is 3.45. The van der Waals surface area contributed by atoms with E-state index in [1.807, 2.05) is 25.2 Å². The summed E-state index contributed by atoms with van der Waals surface area (Å²) >= 11 is 0. The highest BCUT2D eigenvalue weighted by molar-refractivity contribution is 5.85. The molecule has 0 aliphatic carbocycles. The molecule has 3 nitrogen and oxygen atoms in total. The second kappa shape index (κ2) is 5.36. The van der Waals surface area contributed by atoms with E-state index in [1.54, 1.807) is 6.92 Å². The van der Waals surface area contributed by atoms with E-state index in [2.05, 4.69) is 17.0 Å². The van der Waals surface area contributed by atoms with Gasteiger partial charge in [0.05, 0.1) is 6.10 Å². The Morgan fingerprint density at radius 1 is 1.29 bits per heavy atom. The molecule has 1 aliphatic heterocycles. The first kappa shape index (κ1) is 14.5. The van der Waals surface area contributed by atoms with Crippen LogP contribution in [0.4, 0.5) is 0 Å². The number of aliphatic hydroxyl groups is 2. The molecule has 1 heterocycles. The maximum Gasteiger partial charge on any atom is 0.100 e. The van der Waals surface area contributed by atoms with E-state index < -0.39 is 11.7 Å². The van der Waals surface area contributed by atoms with E-state index in [0.717, 1.165) is 0 Å². The van der Waals surface area contributed by atoms with E-state index in [0.29, 0.717) is 13.0 Å². The summed E-state index contributed by atoms with van der Waals surface area (Å²) in [6, 6.07) is 10.3. The third-order valence-corrected chi connectivity index (χ3v) is 3.45. The van der Waals surface area contributed by atoms with E-state index >= 15 is 0 Å². The van der Waals surface area contributed by atoms with Crippen molar-refractivity contribution in [1.29, 1.82) is 0 Å². The van der Waals surface area contributed by atoms with Gasteiger partial charge in [0.25, 0.3) is 0 Å². The van der Waals surface area contributed by atoms with Crippen LogP contribution in [0, 0.1) is 0 Å². The van der Waals surface area contributed by atoms with Gasteiger partial charge in [0, 0.05) is 12.6 Å². The Balaban J connectivity index is 0.00000144. The Kier molecular flexibility index (Phi) is 4.55. The number of hydrogen-bond donors (Lipinski definition) is 2. The van der Waals surface area contributed by atoms with Crippen molar-refractivity contribution >= 4 is 12.4 Å². The van der Waals surface area contributed by atoms with Crippen molar-refractivity contribution in [2.24, 2.45) is 0 Å². The first-order valence-corrected chi connectivity index (χ1v) is 5.66. The molecular weight excluding hydrogens is 238 g/mol. The quantitative estimate of drug-likeness (QED) is 0.803. The van der Waals surface area contributed by atoms with Crippen molar-refractivity contribution in [3.63, 3.8) is 0 Å². The zero-order valence-corrected chi connectivity index (χ0v) is 11.0. The van der Waals surface area contributed by atoms with Crippen LogP contribution in [0.15, 0.2) is 30.3 Å². The van der Waals surface area contributed by atoms with Crippen LogP contribution in [0.25, 0.3) is 0 Å². The Hall–Kier alpha value is -0.610. The number of rotatable bonds is 1. The number of hydrogen-bond acceptors (Lipinski definition) is 3. The molecule has 1 fully saturated rings. The molecule has 1 aliphatic rings. The minimum Gasteiger partial charge on any atom is -0.390 e. The first-order valence-electron chi connectivity index (χ1n) is 5.66. The Labute approximate surface area is 108 Å². The van der Waals surface area contributed by atoms with Crippen LogP contribution in [0.1, 0.15) is 24.9 Å². The average molecular weight is 258 g/mol. The number of benzene rings is 1. The fraction of sp³-hybridized carbons (Fsp3) is 0.538. The molecule has 0 aromatic heterocycles. The highest BCUT2D eigenvalue weighted by Gasteiger charge is 2.40. The number of β-amino-alcohol motifs (C(OH)–C–C–N with tert-alkyl or cyclic N) is 1. The second-order valence-electron chi connectivity index (χ2n) is 4.95. The fourth-order valence-electron chi connectivity index (χ4n) is 2.43. The fourth-order valence-corrected chi connectivity index (χ4v) is 2.43. The van der Waals surface area contributed by atoms with Crippen molar-refractivity contribution in [3.8, 4) is 0 Å². The molecule has 0 bridgehead atoms. The summed E-state index contributed by atoms with van der Waals surface area (Å²) in [5.74, 6) is 0. The summed E-state index contributed by atoms with van der Waals surface area (Å²) in [7, 11) is 1.98. The van der Waals surface area contributed by atoms with Gasteiger partial charge in [-0.3, -0.25) is 4.90 Å². The van der Waals surface area contributed by atoms with E-state index in [4.69, 9.17) is 0 Å². The number of likely N-dealkylation sites (tertiary alicyclic amines) is 1. The Morgan fingerprint density at radius 3 is 2.47 bits per heavy atom. The standard InChI is InChI=1S/C13H19NO2.ClH/c1-13(16)9-14(2)11(8-12(13)15)10-6-4-3-5-7-10;/h3-7,11-12,15-16H,8-9H2,1-2H3;1H/t11-,12-,13-;/m0./s1. The maximum absolute atomic E-state index is 9.99. The van der Waals surface area contributed by atoms with Crippen LogP contribution in [0.3, 0.4) is 0 Å². The first-order chi connectivity index (χ1) is 7.50. The van der Waals surface area contributed by atoms with Crippen LogP contribution in [-0.4, -0.2) is 40.4 Å². The van der Waals surface area contributed by atoms with Crippen molar-refractivity contribution in [3.05, 3.63) is 35.9 Å². The summed E-state index contributed by atoms with van der Waals surface area (Å²) in [5, 5.41) is 19.9. The Morgan fingerprint density at radius 2 is 1.88 bits per heavy atom. The molecule has 2 N–H and O–H groups in total. The maximum atomic E-state index is 9.99. The molecule has 1 aromatic carbocycles. The average Bonchev–Trinajstić information content (AvgIpc) is 2.24. The molecule has 17 heavy (non-hydrogen) atoms. The zero-order chi connectivity index (χ0) is 11.8. The van der Waals surface area contributed by atoms with Gasteiger partial charge >= 0.3 is 0 Å². The van der Waals surface area contributed by atoms with Crippen LogP contribution in [-0.2, 0) is 0 Å². The summed E-state index contributed by atoms with van der Waals surface area (Å²) in [4.78, 5) is 2.10. The summed E-state index contributed by atoms with van der Waals surface area (Å²) < 4.78 is 0. The number of aliphatic hydroxyl groups excluding tert-OH is 1. The van der Waals surface area contributed by atoms with Crippen molar-refractivity contribution in [1.82, 2.24) is 4.90 Å². The number of likely N-dealkylation sites (N-methyl/N-ethyl adjacent to an activating group) is 1. The van der Waals surface area contributed by atoms with Crippen LogP contribution >= 0.6 is 12.4 Å². The van der Waals surface area contributed by atoms with E-state index in [1.165, 1.54) is 5.56 Å². The molecule has 0 radical (unpaired) electrons. The lowest BCUT2D eigenvalue weighted by Crippen LogP contribution is -2.54. The SMILES string of the molecule is CN1C[C@](C)(O)[C@@H](O)C[C@H]1c1ccccc1.Cl. The minimum atomic E-state index is -1.000. The molecule has 1 aromatic rings. The molecular formula is C13H20ClNO2. The summed E-state index contributed by atoms with van der Waals surface area (Å²) in [5.41, 5.74) is 0.194. The molecule has 0 saturated carbocycles. The van der Waals surface area contributed by atoms with Crippen LogP contribution in [0.2, 0.25) is 0 Å². The number of halogens is 1. The van der Waals surface area contributed by atoms with Crippen molar-refractivity contribution in [2.75, 3.05) is 13.6 Å². The molecule has 2 rings (SSSR count). The molecule has 96 valence electrons. The summed E-state index contributed by atoms with van der Waals surface area (Å²) in [6.07, 6.45) is -0.0815. The molecule has 1 saturated heterocycles. The van der Waals surface area contributed by atoms with Crippen LogP contribution in [0.5, 0.6) is 0 Å². The van der Waals surface area contributed by atoms with Gasteiger partial charge in [-0.1, -0.05) is 30.3 Å². The zero-order valence-electron chi connectivity index (χ0n) is 10.2. The van der Waals surface area contributed by atoms with Crippen molar-refractivity contribution in [2.45, 2.75) is 31.1 Å². The van der Waals surface area contributed by atoms with Gasteiger partial charge in [-0.05, 0) is 26.0 Å². The number of nitrogens with zero attached hydrogens (tertiary/aromatic N) is 1. The van der Waals surface area contributed by atoms with E-state index in [9.17, 15) is 10.2 Å². The predicted octanol–water partition coefficient (Wildman–Crippen LogP) is 1.60. The predicted molar refractivity (Wildman–Crippen MR) is 70.3 cm³/mol. The van der Waals surface area contributed by atoms with Gasteiger partial charge < -0.3 is 10.2 Å². The Bertz CT molecular complexity index is 356. The van der Waals surface area contributed by atoms with Gasteiger partial charge in [-0.15, -0.1) is 12.4 Å². The third kappa shape index (κ3) is 2.99. The molecule has 0 unspecified atom stereocenters. The lowest BCUT2D eigenvalue weighted by Gasteiger charge is -2.44. The highest BCUT2D eigenvalue weighted by atomic mass is 35.5. The lowest BCUT2D eigenvalue weighted by molar-refractivity contribution is -0.121. The normalized spacial score (nSPS) is 34.1. The largest absolute Gasteiger partial charge is 0.390 e. The summed E-state index contributed by atoms with van der Waals surface area (Å²) in [6.45, 7) is 2.18. The molecule has 3 atom stereocenters. The molecule has 4 heteroatoms. The van der Waals surface area contributed by atoms with E-state index in [-0.39, 0.29) is 18.4 Å². The van der Waals surface area contributed by atoms with Gasteiger partial charge in [0.1, 0.15) is 5.60 Å². The minimum absolute atomic E-state index is 0. The molecule has 0 spiro atoms. The molecule has 0 amide bonds. The van der Waals surface area contributed by atoms with Crippen molar-refractivity contribution < 1.29 is 10.2 Å². The number of piperidine rings is 1. The highest BCUT2D eigenvalue weighted by Crippen LogP contribution is 2.33. The van der Waals surface area contributed by atoms with Gasteiger partial charge in [-0.2, -0.15) is 0 Å². The second-order valence-corrected chi connectivity index (χ2v) is 4.95. The topological polar surface area (TPSA) is 43.7 Å².